The first-order chi connectivity index (χ1) is 19.8. The summed E-state index contributed by atoms with van der Waals surface area (Å²) in [4.78, 5) is 2.34. The molecule has 0 bridgehead atoms. The molecule has 0 amide bonds. The molecule has 2 heteroatoms. The molecule has 0 aliphatic carbocycles. The number of furan rings is 1. The molecule has 0 fully saturated rings. The highest BCUT2D eigenvalue weighted by atomic mass is 16.3. The Morgan fingerprint density at radius 2 is 0.950 bits per heavy atom. The molecule has 188 valence electrons. The van der Waals surface area contributed by atoms with Gasteiger partial charge in [0.05, 0.1) is 0 Å². The van der Waals surface area contributed by atoms with Crippen molar-refractivity contribution in [1.82, 2.24) is 0 Å². The summed E-state index contributed by atoms with van der Waals surface area (Å²) in [5, 5.41) is 7.21. The number of benzene rings is 7. The number of nitrogens with zero attached hydrogens (tertiary/aromatic N) is 1. The lowest BCUT2D eigenvalue weighted by atomic mass is 10.0. The van der Waals surface area contributed by atoms with Crippen LogP contribution in [0.1, 0.15) is 0 Å². The van der Waals surface area contributed by atoms with Crippen LogP contribution in [-0.4, -0.2) is 0 Å². The van der Waals surface area contributed by atoms with Crippen LogP contribution in [0.25, 0.3) is 54.6 Å². The Morgan fingerprint density at radius 1 is 0.400 bits per heavy atom. The molecule has 0 saturated carbocycles. The Bertz CT molecular complexity index is 2090. The van der Waals surface area contributed by atoms with E-state index in [0.29, 0.717) is 0 Å². The summed E-state index contributed by atoms with van der Waals surface area (Å²) < 4.78 is 6.33. The average Bonchev–Trinajstić information content (AvgIpc) is 3.40. The lowest BCUT2D eigenvalue weighted by molar-refractivity contribution is 0.670. The normalized spacial score (nSPS) is 11.5. The third-order valence-electron chi connectivity index (χ3n) is 7.82. The number of hydrogen-bond donors (Lipinski definition) is 0. The SMILES string of the molecule is c1ccc2cc(N(c3ccc(-c4cccc5c4oc4ccccc45)cc3)c3ccc4ccccc4c3)ccc2c1. The second kappa shape index (κ2) is 9.14. The fourth-order valence-electron chi connectivity index (χ4n) is 5.84. The Morgan fingerprint density at radius 3 is 1.62 bits per heavy atom. The summed E-state index contributed by atoms with van der Waals surface area (Å²) in [7, 11) is 0. The lowest BCUT2D eigenvalue weighted by Crippen LogP contribution is -2.09. The van der Waals surface area contributed by atoms with Crippen molar-refractivity contribution in [3.05, 3.63) is 152 Å². The molecule has 2 nitrogen and oxygen atoms in total. The van der Waals surface area contributed by atoms with Gasteiger partial charge < -0.3 is 9.32 Å². The number of para-hydroxylation sites is 2. The van der Waals surface area contributed by atoms with Crippen LogP contribution in [0.2, 0.25) is 0 Å². The predicted molar refractivity (Wildman–Crippen MR) is 169 cm³/mol. The fraction of sp³-hybridized carbons (Fsp3) is 0. The summed E-state index contributed by atoms with van der Waals surface area (Å²) in [5.41, 5.74) is 7.43. The first-order valence-corrected chi connectivity index (χ1v) is 13.6. The highest BCUT2D eigenvalue weighted by molar-refractivity contribution is 6.09. The summed E-state index contributed by atoms with van der Waals surface area (Å²) in [6, 6.07) is 53.9. The van der Waals surface area contributed by atoms with Gasteiger partial charge in [-0.1, -0.05) is 109 Å². The van der Waals surface area contributed by atoms with Gasteiger partial charge in [0.15, 0.2) is 0 Å². The Hall–Kier alpha value is -5.34. The molecule has 0 aliphatic heterocycles. The van der Waals surface area contributed by atoms with Crippen LogP contribution < -0.4 is 4.90 Å². The van der Waals surface area contributed by atoms with Gasteiger partial charge in [0, 0.05) is 33.4 Å². The summed E-state index contributed by atoms with van der Waals surface area (Å²) in [6.45, 7) is 0. The van der Waals surface area contributed by atoms with E-state index < -0.39 is 0 Å². The van der Waals surface area contributed by atoms with Crippen LogP contribution in [0.5, 0.6) is 0 Å². The highest BCUT2D eigenvalue weighted by Crippen LogP contribution is 2.40. The van der Waals surface area contributed by atoms with Crippen molar-refractivity contribution >= 4 is 60.5 Å². The van der Waals surface area contributed by atoms with Crippen molar-refractivity contribution in [2.75, 3.05) is 4.90 Å². The molecule has 0 saturated heterocycles. The molecular weight excluding hydrogens is 486 g/mol. The predicted octanol–water partition coefficient (Wildman–Crippen LogP) is 11.0. The van der Waals surface area contributed by atoms with Gasteiger partial charge >= 0.3 is 0 Å². The van der Waals surface area contributed by atoms with Gasteiger partial charge in [-0.25, -0.2) is 0 Å². The van der Waals surface area contributed by atoms with E-state index in [1.165, 1.54) is 21.5 Å². The van der Waals surface area contributed by atoms with Gasteiger partial charge in [0.1, 0.15) is 11.2 Å². The highest BCUT2D eigenvalue weighted by Gasteiger charge is 2.16. The summed E-state index contributed by atoms with van der Waals surface area (Å²) in [5.74, 6) is 0. The molecule has 1 heterocycles. The van der Waals surface area contributed by atoms with Crippen molar-refractivity contribution in [3.8, 4) is 11.1 Å². The molecule has 0 atom stereocenters. The zero-order chi connectivity index (χ0) is 26.5. The lowest BCUT2D eigenvalue weighted by Gasteiger charge is -2.26. The zero-order valence-electron chi connectivity index (χ0n) is 21.8. The van der Waals surface area contributed by atoms with Crippen LogP contribution >= 0.6 is 0 Å². The quantitative estimate of drug-likeness (QED) is 0.234. The second-order valence-electron chi connectivity index (χ2n) is 10.2. The first kappa shape index (κ1) is 22.6. The number of hydrogen-bond acceptors (Lipinski definition) is 2. The molecule has 0 spiro atoms. The number of anilines is 3. The number of fused-ring (bicyclic) bond motifs is 5. The largest absolute Gasteiger partial charge is 0.455 e. The molecular formula is C38H25NO. The van der Waals surface area contributed by atoms with Gasteiger partial charge in [-0.05, 0) is 69.6 Å². The molecule has 0 radical (unpaired) electrons. The average molecular weight is 512 g/mol. The standard InChI is InChI=1S/C38H25NO/c1-3-10-29-24-32(22-16-26(29)8-1)39(33-23-17-27-9-2-4-11-30(27)25-33)31-20-18-28(19-21-31)34-13-7-14-36-35-12-5-6-15-37(35)40-38(34)36/h1-25H. The molecule has 0 unspecified atom stereocenters. The van der Waals surface area contributed by atoms with Crippen LogP contribution in [0.15, 0.2) is 156 Å². The van der Waals surface area contributed by atoms with Crippen LogP contribution in [0.3, 0.4) is 0 Å². The van der Waals surface area contributed by atoms with E-state index in [9.17, 15) is 0 Å². The Labute approximate surface area is 232 Å². The van der Waals surface area contributed by atoms with E-state index in [4.69, 9.17) is 4.42 Å². The van der Waals surface area contributed by atoms with E-state index in [1.807, 2.05) is 12.1 Å². The minimum Gasteiger partial charge on any atom is -0.455 e. The topological polar surface area (TPSA) is 16.4 Å². The monoisotopic (exact) mass is 511 g/mol. The second-order valence-corrected chi connectivity index (χ2v) is 10.2. The molecule has 1 aromatic heterocycles. The maximum Gasteiger partial charge on any atom is 0.143 e. The summed E-state index contributed by atoms with van der Waals surface area (Å²) >= 11 is 0. The maximum atomic E-state index is 6.33. The van der Waals surface area contributed by atoms with E-state index in [-0.39, 0.29) is 0 Å². The number of rotatable bonds is 4. The van der Waals surface area contributed by atoms with Crippen LogP contribution in [0, 0.1) is 0 Å². The fourth-order valence-corrected chi connectivity index (χ4v) is 5.84. The molecule has 0 N–H and O–H groups in total. The van der Waals surface area contributed by atoms with Crippen molar-refractivity contribution in [2.45, 2.75) is 0 Å². The van der Waals surface area contributed by atoms with Gasteiger partial charge in [-0.15, -0.1) is 0 Å². The molecule has 0 aliphatic rings. The third kappa shape index (κ3) is 3.73. The zero-order valence-corrected chi connectivity index (χ0v) is 21.8. The van der Waals surface area contributed by atoms with Gasteiger partial charge in [-0.3, -0.25) is 0 Å². The van der Waals surface area contributed by atoms with Crippen molar-refractivity contribution in [1.29, 1.82) is 0 Å². The maximum absolute atomic E-state index is 6.33. The van der Waals surface area contributed by atoms with E-state index in [0.717, 1.165) is 50.1 Å². The Kier molecular flexibility index (Phi) is 5.17. The van der Waals surface area contributed by atoms with Gasteiger partial charge in [-0.2, -0.15) is 0 Å². The molecule has 8 aromatic rings. The third-order valence-corrected chi connectivity index (χ3v) is 7.82. The molecule has 7 aromatic carbocycles. The van der Waals surface area contributed by atoms with Crippen molar-refractivity contribution in [3.63, 3.8) is 0 Å². The minimum atomic E-state index is 0.917. The van der Waals surface area contributed by atoms with Crippen molar-refractivity contribution < 1.29 is 4.42 Å². The van der Waals surface area contributed by atoms with Gasteiger partial charge in [0.2, 0.25) is 0 Å². The van der Waals surface area contributed by atoms with Crippen LogP contribution in [-0.2, 0) is 0 Å². The summed E-state index contributed by atoms with van der Waals surface area (Å²) in [6.07, 6.45) is 0. The van der Waals surface area contributed by atoms with E-state index in [2.05, 4.69) is 144 Å². The molecule has 8 rings (SSSR count). The first-order valence-electron chi connectivity index (χ1n) is 13.6. The van der Waals surface area contributed by atoms with Crippen LogP contribution in [0.4, 0.5) is 17.1 Å². The smallest absolute Gasteiger partial charge is 0.143 e. The van der Waals surface area contributed by atoms with Crippen molar-refractivity contribution in [2.24, 2.45) is 0 Å². The van der Waals surface area contributed by atoms with Gasteiger partial charge in [0.25, 0.3) is 0 Å². The minimum absolute atomic E-state index is 0.917. The van der Waals surface area contributed by atoms with E-state index in [1.54, 1.807) is 0 Å². The molecule has 40 heavy (non-hydrogen) atoms. The Balaban J connectivity index is 1.27. The van der Waals surface area contributed by atoms with E-state index >= 15 is 0 Å².